The number of aromatic nitrogens is 3. The molecule has 0 unspecified atom stereocenters. The van der Waals surface area contributed by atoms with Gasteiger partial charge in [-0.1, -0.05) is 30.8 Å². The second-order valence-electron chi connectivity index (χ2n) is 5.41. The minimum Gasteiger partial charge on any atom is -0.505 e. The van der Waals surface area contributed by atoms with Crippen LogP contribution in [0.2, 0.25) is 0 Å². The molecule has 0 saturated heterocycles. The Morgan fingerprint density at radius 2 is 2.00 bits per heavy atom. The van der Waals surface area contributed by atoms with E-state index in [0.717, 1.165) is 25.7 Å². The van der Waals surface area contributed by atoms with Crippen LogP contribution in [0.25, 0.3) is 11.6 Å². The first-order chi connectivity index (χ1) is 10.2. The van der Waals surface area contributed by atoms with Gasteiger partial charge in [-0.05, 0) is 25.0 Å². The lowest BCUT2D eigenvalue weighted by atomic mass is 9.93. The quantitative estimate of drug-likeness (QED) is 0.875. The largest absolute Gasteiger partial charge is 0.505 e. The third-order valence-electron chi connectivity index (χ3n) is 4.12. The summed E-state index contributed by atoms with van der Waals surface area (Å²) in [6.45, 7) is 0. The van der Waals surface area contributed by atoms with Crippen molar-refractivity contribution in [2.24, 2.45) is 0 Å². The Bertz CT molecular complexity index is 604. The van der Waals surface area contributed by atoms with Crippen LogP contribution in [0.4, 0.5) is 0 Å². The highest BCUT2D eigenvalue weighted by atomic mass is 16.5. The normalized spacial score (nSPS) is 18.3. The average Bonchev–Trinajstić information content (AvgIpc) is 2.87. The highest BCUT2D eigenvalue weighted by Crippen LogP contribution is 2.38. The zero-order chi connectivity index (χ0) is 14.7. The molecule has 1 aliphatic carbocycles. The fourth-order valence-corrected chi connectivity index (χ4v) is 2.89. The summed E-state index contributed by atoms with van der Waals surface area (Å²) >= 11 is 0. The number of pyridine rings is 1. The van der Waals surface area contributed by atoms with Gasteiger partial charge in [0.15, 0.2) is 5.69 Å². The lowest BCUT2D eigenvalue weighted by Gasteiger charge is -2.27. The molecule has 1 aliphatic rings. The summed E-state index contributed by atoms with van der Waals surface area (Å²) in [6.07, 6.45) is 7.94. The summed E-state index contributed by atoms with van der Waals surface area (Å²) in [5, 5.41) is 13.9. The van der Waals surface area contributed by atoms with Crippen LogP contribution in [0.1, 0.15) is 44.3 Å². The van der Waals surface area contributed by atoms with Crippen molar-refractivity contribution in [2.45, 2.75) is 44.1 Å². The second kappa shape index (κ2) is 5.81. The molecule has 0 radical (unpaired) electrons. The molecule has 6 nitrogen and oxygen atoms in total. The number of rotatable bonds is 3. The molecular weight excluding hydrogens is 270 g/mol. The van der Waals surface area contributed by atoms with Gasteiger partial charge in [0.1, 0.15) is 11.4 Å². The maximum absolute atomic E-state index is 9.83. The first-order valence-electron chi connectivity index (χ1n) is 7.29. The standard InChI is InChI=1S/C15H19N3O3/c1-20-15(8-4-2-3-5-9-15)14-17-13(21-18-14)12-11(19)7-6-10-16-12/h6-7,10,19H,2-5,8-9H2,1H3. The van der Waals surface area contributed by atoms with Crippen LogP contribution in [0, 0.1) is 0 Å². The zero-order valence-electron chi connectivity index (χ0n) is 12.1. The monoisotopic (exact) mass is 289 g/mol. The third-order valence-corrected chi connectivity index (χ3v) is 4.12. The highest BCUT2D eigenvalue weighted by Gasteiger charge is 2.38. The molecule has 1 N–H and O–H groups in total. The van der Waals surface area contributed by atoms with Crippen molar-refractivity contribution in [3.8, 4) is 17.3 Å². The van der Waals surface area contributed by atoms with Crippen LogP contribution in [0.15, 0.2) is 22.9 Å². The van der Waals surface area contributed by atoms with E-state index < -0.39 is 5.60 Å². The second-order valence-corrected chi connectivity index (χ2v) is 5.41. The van der Waals surface area contributed by atoms with E-state index in [4.69, 9.17) is 9.26 Å². The molecule has 0 aromatic carbocycles. The van der Waals surface area contributed by atoms with Crippen LogP contribution < -0.4 is 0 Å². The van der Waals surface area contributed by atoms with E-state index in [2.05, 4.69) is 15.1 Å². The summed E-state index contributed by atoms with van der Waals surface area (Å²) in [5.74, 6) is 0.802. The summed E-state index contributed by atoms with van der Waals surface area (Å²) in [6, 6.07) is 3.20. The zero-order valence-corrected chi connectivity index (χ0v) is 12.1. The Balaban J connectivity index is 1.95. The smallest absolute Gasteiger partial charge is 0.280 e. The SMILES string of the molecule is COC1(c2noc(-c3ncccc3O)n2)CCCCCC1. The molecule has 6 heteroatoms. The van der Waals surface area contributed by atoms with Crippen molar-refractivity contribution in [2.75, 3.05) is 7.11 Å². The molecule has 2 heterocycles. The molecule has 0 bridgehead atoms. The van der Waals surface area contributed by atoms with Crippen molar-refractivity contribution >= 4 is 0 Å². The maximum atomic E-state index is 9.83. The molecule has 2 aromatic heterocycles. The van der Waals surface area contributed by atoms with Crippen molar-refractivity contribution in [1.29, 1.82) is 0 Å². The molecule has 1 fully saturated rings. The van der Waals surface area contributed by atoms with E-state index in [1.54, 1.807) is 25.4 Å². The molecule has 0 spiro atoms. The van der Waals surface area contributed by atoms with Gasteiger partial charge in [0.05, 0.1) is 0 Å². The van der Waals surface area contributed by atoms with Gasteiger partial charge in [0.25, 0.3) is 5.89 Å². The van der Waals surface area contributed by atoms with E-state index in [1.807, 2.05) is 0 Å². The Morgan fingerprint density at radius 1 is 1.24 bits per heavy atom. The van der Waals surface area contributed by atoms with E-state index in [0.29, 0.717) is 11.5 Å². The van der Waals surface area contributed by atoms with Crippen molar-refractivity contribution < 1.29 is 14.4 Å². The van der Waals surface area contributed by atoms with Crippen LogP contribution >= 0.6 is 0 Å². The van der Waals surface area contributed by atoms with Gasteiger partial charge in [-0.3, -0.25) is 0 Å². The molecule has 0 amide bonds. The fourth-order valence-electron chi connectivity index (χ4n) is 2.89. The van der Waals surface area contributed by atoms with Crippen molar-refractivity contribution in [3.05, 3.63) is 24.2 Å². The van der Waals surface area contributed by atoms with Crippen LogP contribution in [0.5, 0.6) is 5.75 Å². The predicted octanol–water partition coefficient (Wildman–Crippen LogP) is 3.03. The summed E-state index contributed by atoms with van der Waals surface area (Å²) in [7, 11) is 1.69. The molecule has 2 aromatic rings. The number of hydrogen-bond acceptors (Lipinski definition) is 6. The predicted molar refractivity (Wildman–Crippen MR) is 75.6 cm³/mol. The molecule has 0 atom stereocenters. The Kier molecular flexibility index (Phi) is 3.88. The van der Waals surface area contributed by atoms with Gasteiger partial charge < -0.3 is 14.4 Å². The van der Waals surface area contributed by atoms with E-state index >= 15 is 0 Å². The molecular formula is C15H19N3O3. The third kappa shape index (κ3) is 2.63. The minimum atomic E-state index is -0.483. The number of ether oxygens (including phenoxy) is 1. The number of methoxy groups -OCH3 is 1. The van der Waals surface area contributed by atoms with E-state index in [-0.39, 0.29) is 11.6 Å². The van der Waals surface area contributed by atoms with Crippen LogP contribution in [-0.4, -0.2) is 27.3 Å². The lowest BCUT2D eigenvalue weighted by molar-refractivity contribution is -0.0365. The number of hydrogen-bond donors (Lipinski definition) is 1. The van der Waals surface area contributed by atoms with Crippen LogP contribution in [-0.2, 0) is 10.3 Å². The molecule has 112 valence electrons. The van der Waals surface area contributed by atoms with E-state index in [9.17, 15) is 5.11 Å². The van der Waals surface area contributed by atoms with Crippen molar-refractivity contribution in [3.63, 3.8) is 0 Å². The van der Waals surface area contributed by atoms with Gasteiger partial charge >= 0.3 is 0 Å². The average molecular weight is 289 g/mol. The van der Waals surface area contributed by atoms with Gasteiger partial charge in [0, 0.05) is 13.3 Å². The summed E-state index contributed by atoms with van der Waals surface area (Å²) in [4.78, 5) is 8.51. The molecule has 3 rings (SSSR count). The summed E-state index contributed by atoms with van der Waals surface area (Å²) in [5.41, 5.74) is -0.182. The Hall–Kier alpha value is -1.95. The fraction of sp³-hybridized carbons (Fsp3) is 0.533. The van der Waals surface area contributed by atoms with Gasteiger partial charge in [-0.15, -0.1) is 0 Å². The van der Waals surface area contributed by atoms with E-state index in [1.165, 1.54) is 12.8 Å². The van der Waals surface area contributed by atoms with Crippen molar-refractivity contribution in [1.82, 2.24) is 15.1 Å². The van der Waals surface area contributed by atoms with Crippen LogP contribution in [0.3, 0.4) is 0 Å². The Morgan fingerprint density at radius 3 is 2.67 bits per heavy atom. The maximum Gasteiger partial charge on any atom is 0.280 e. The Labute approximate surface area is 123 Å². The minimum absolute atomic E-state index is 0.0278. The number of aromatic hydroxyl groups is 1. The molecule has 21 heavy (non-hydrogen) atoms. The first kappa shape index (κ1) is 14.0. The summed E-state index contributed by atoms with van der Waals surface area (Å²) < 4.78 is 11.0. The molecule has 0 aliphatic heterocycles. The van der Waals surface area contributed by atoms with Gasteiger partial charge in [0.2, 0.25) is 5.82 Å². The highest BCUT2D eigenvalue weighted by molar-refractivity contribution is 5.55. The van der Waals surface area contributed by atoms with Gasteiger partial charge in [-0.2, -0.15) is 4.98 Å². The topological polar surface area (TPSA) is 81.3 Å². The number of nitrogens with zero attached hydrogens (tertiary/aromatic N) is 3. The lowest BCUT2D eigenvalue weighted by Crippen LogP contribution is -2.29. The molecule has 1 saturated carbocycles. The van der Waals surface area contributed by atoms with Gasteiger partial charge in [-0.25, -0.2) is 4.98 Å². The first-order valence-corrected chi connectivity index (χ1v) is 7.29.